The van der Waals surface area contributed by atoms with E-state index in [0.29, 0.717) is 32.8 Å². The second-order valence-corrected chi connectivity index (χ2v) is 6.71. The summed E-state index contributed by atoms with van der Waals surface area (Å²) in [5, 5.41) is 5.28. The Labute approximate surface area is 167 Å². The van der Waals surface area contributed by atoms with Crippen LogP contribution in [0.25, 0.3) is 0 Å². The fourth-order valence-corrected chi connectivity index (χ4v) is 3.20. The highest BCUT2D eigenvalue weighted by molar-refractivity contribution is 5.96. The zero-order valence-corrected chi connectivity index (χ0v) is 15.9. The molecule has 0 bridgehead atoms. The first kappa shape index (κ1) is 20.9. The maximum absolute atomic E-state index is 13.3. The third kappa shape index (κ3) is 6.07. The van der Waals surface area contributed by atoms with Crippen LogP contribution >= 0.6 is 0 Å². The summed E-state index contributed by atoms with van der Waals surface area (Å²) in [6, 6.07) is 11.3. The molecular weight excluding hydrogens is 380 g/mol. The SMILES string of the molecule is O=C(CNC(=O)c1cccc(F)c1)NCC(c1ccc(F)cc1)N1CCOCC1. The molecule has 8 heteroatoms. The van der Waals surface area contributed by atoms with Crippen LogP contribution in [0.15, 0.2) is 48.5 Å². The summed E-state index contributed by atoms with van der Waals surface area (Å²) in [4.78, 5) is 26.4. The first-order valence-corrected chi connectivity index (χ1v) is 9.40. The van der Waals surface area contributed by atoms with Crippen LogP contribution in [0.3, 0.4) is 0 Å². The quantitative estimate of drug-likeness (QED) is 0.741. The molecule has 2 aromatic rings. The minimum Gasteiger partial charge on any atom is -0.379 e. The number of nitrogens with one attached hydrogen (secondary N) is 2. The van der Waals surface area contributed by atoms with Gasteiger partial charge < -0.3 is 15.4 Å². The van der Waals surface area contributed by atoms with Crippen molar-refractivity contribution in [3.63, 3.8) is 0 Å². The number of carbonyl (C=O) groups excluding carboxylic acids is 2. The van der Waals surface area contributed by atoms with Gasteiger partial charge in [-0.3, -0.25) is 14.5 Å². The number of amides is 2. The molecule has 6 nitrogen and oxygen atoms in total. The molecule has 0 spiro atoms. The van der Waals surface area contributed by atoms with Crippen LogP contribution in [0.1, 0.15) is 22.0 Å². The predicted octanol–water partition coefficient (Wildman–Crippen LogP) is 1.88. The van der Waals surface area contributed by atoms with Crippen molar-refractivity contribution in [1.82, 2.24) is 15.5 Å². The van der Waals surface area contributed by atoms with Gasteiger partial charge in [-0.15, -0.1) is 0 Å². The average molecular weight is 403 g/mol. The second-order valence-electron chi connectivity index (χ2n) is 6.71. The number of carbonyl (C=O) groups is 2. The Morgan fingerprint density at radius 1 is 1.00 bits per heavy atom. The van der Waals surface area contributed by atoms with Gasteiger partial charge >= 0.3 is 0 Å². The number of halogens is 2. The van der Waals surface area contributed by atoms with Gasteiger partial charge in [-0.05, 0) is 35.9 Å². The lowest BCUT2D eigenvalue weighted by atomic mass is 10.0. The maximum Gasteiger partial charge on any atom is 0.251 e. The maximum atomic E-state index is 13.3. The summed E-state index contributed by atoms with van der Waals surface area (Å²) in [6.45, 7) is 2.67. The Morgan fingerprint density at radius 3 is 2.41 bits per heavy atom. The van der Waals surface area contributed by atoms with Gasteiger partial charge in [0.25, 0.3) is 5.91 Å². The van der Waals surface area contributed by atoms with Gasteiger partial charge in [-0.2, -0.15) is 0 Å². The van der Waals surface area contributed by atoms with E-state index < -0.39 is 11.7 Å². The van der Waals surface area contributed by atoms with Crippen molar-refractivity contribution in [3.8, 4) is 0 Å². The largest absolute Gasteiger partial charge is 0.379 e. The van der Waals surface area contributed by atoms with E-state index in [1.165, 1.54) is 30.3 Å². The molecule has 1 heterocycles. The van der Waals surface area contributed by atoms with Crippen molar-refractivity contribution in [2.24, 2.45) is 0 Å². The highest BCUT2D eigenvalue weighted by atomic mass is 19.1. The summed E-state index contributed by atoms with van der Waals surface area (Å²) in [5.41, 5.74) is 1.03. The average Bonchev–Trinajstić information content (AvgIpc) is 2.74. The molecule has 2 amide bonds. The van der Waals surface area contributed by atoms with E-state index >= 15 is 0 Å². The summed E-state index contributed by atoms with van der Waals surface area (Å²) < 4.78 is 31.9. The number of nitrogens with zero attached hydrogens (tertiary/aromatic N) is 1. The van der Waals surface area contributed by atoms with Gasteiger partial charge in [0.2, 0.25) is 5.91 Å². The molecule has 0 aliphatic carbocycles. The molecule has 1 atom stereocenters. The summed E-state index contributed by atoms with van der Waals surface area (Å²) >= 11 is 0. The van der Waals surface area contributed by atoms with Crippen LogP contribution in [0.4, 0.5) is 8.78 Å². The first-order chi connectivity index (χ1) is 14.0. The molecule has 0 aromatic heterocycles. The van der Waals surface area contributed by atoms with E-state index in [2.05, 4.69) is 15.5 Å². The van der Waals surface area contributed by atoms with Crippen molar-refractivity contribution in [2.45, 2.75) is 6.04 Å². The molecular formula is C21H23F2N3O3. The zero-order valence-electron chi connectivity index (χ0n) is 15.9. The lowest BCUT2D eigenvalue weighted by Crippen LogP contribution is -2.45. The number of benzene rings is 2. The van der Waals surface area contributed by atoms with E-state index in [-0.39, 0.29) is 29.9 Å². The van der Waals surface area contributed by atoms with E-state index in [9.17, 15) is 18.4 Å². The van der Waals surface area contributed by atoms with E-state index in [1.54, 1.807) is 12.1 Å². The smallest absolute Gasteiger partial charge is 0.251 e. The van der Waals surface area contributed by atoms with Gasteiger partial charge in [0.15, 0.2) is 0 Å². The molecule has 1 unspecified atom stereocenters. The molecule has 1 fully saturated rings. The monoisotopic (exact) mass is 403 g/mol. The van der Waals surface area contributed by atoms with Crippen LogP contribution in [-0.4, -0.2) is 56.1 Å². The van der Waals surface area contributed by atoms with Gasteiger partial charge in [0, 0.05) is 25.2 Å². The van der Waals surface area contributed by atoms with E-state index in [4.69, 9.17) is 4.74 Å². The Balaban J connectivity index is 1.56. The van der Waals surface area contributed by atoms with Gasteiger partial charge in [-0.25, -0.2) is 8.78 Å². The van der Waals surface area contributed by atoms with Gasteiger partial charge in [-0.1, -0.05) is 18.2 Å². The highest BCUT2D eigenvalue weighted by Gasteiger charge is 2.23. The predicted molar refractivity (Wildman–Crippen MR) is 103 cm³/mol. The second kappa shape index (κ2) is 10.1. The van der Waals surface area contributed by atoms with Crippen molar-refractivity contribution >= 4 is 11.8 Å². The number of ether oxygens (including phenoxy) is 1. The normalized spacial score (nSPS) is 15.5. The molecule has 154 valence electrons. The van der Waals surface area contributed by atoms with Gasteiger partial charge in [0.1, 0.15) is 11.6 Å². The Morgan fingerprint density at radius 2 is 1.72 bits per heavy atom. The molecule has 1 aliphatic rings. The van der Waals surface area contributed by atoms with E-state index in [0.717, 1.165) is 11.6 Å². The molecule has 2 aromatic carbocycles. The minimum absolute atomic E-state index is 0.137. The van der Waals surface area contributed by atoms with Crippen LogP contribution in [0.2, 0.25) is 0 Å². The third-order valence-electron chi connectivity index (χ3n) is 4.73. The number of morpholine rings is 1. The fraction of sp³-hybridized carbons (Fsp3) is 0.333. The van der Waals surface area contributed by atoms with Crippen molar-refractivity contribution < 1.29 is 23.1 Å². The van der Waals surface area contributed by atoms with Crippen molar-refractivity contribution in [1.29, 1.82) is 0 Å². The summed E-state index contributed by atoms with van der Waals surface area (Å²) in [7, 11) is 0. The molecule has 0 saturated carbocycles. The van der Waals surface area contributed by atoms with Crippen LogP contribution in [0.5, 0.6) is 0 Å². The Hall–Kier alpha value is -2.84. The first-order valence-electron chi connectivity index (χ1n) is 9.40. The van der Waals surface area contributed by atoms with Crippen molar-refractivity contribution in [3.05, 3.63) is 71.3 Å². The number of rotatable bonds is 7. The van der Waals surface area contributed by atoms with Crippen LogP contribution < -0.4 is 10.6 Å². The number of hydrogen-bond donors (Lipinski definition) is 2. The zero-order chi connectivity index (χ0) is 20.6. The Bertz CT molecular complexity index is 839. The molecule has 1 saturated heterocycles. The van der Waals surface area contributed by atoms with Crippen LogP contribution in [-0.2, 0) is 9.53 Å². The lowest BCUT2D eigenvalue weighted by molar-refractivity contribution is -0.120. The summed E-state index contributed by atoms with van der Waals surface area (Å²) in [5.74, 6) is -1.73. The molecule has 29 heavy (non-hydrogen) atoms. The van der Waals surface area contributed by atoms with Crippen LogP contribution in [0, 0.1) is 11.6 Å². The van der Waals surface area contributed by atoms with Gasteiger partial charge in [0.05, 0.1) is 25.8 Å². The third-order valence-corrected chi connectivity index (χ3v) is 4.73. The topological polar surface area (TPSA) is 70.7 Å². The standard InChI is InChI=1S/C21H23F2N3O3/c22-17-6-4-15(5-7-17)19(26-8-10-29-11-9-26)13-24-20(27)14-25-21(28)16-2-1-3-18(23)12-16/h1-7,12,19H,8-11,13-14H2,(H,24,27)(H,25,28). The highest BCUT2D eigenvalue weighted by Crippen LogP contribution is 2.21. The molecule has 1 aliphatic heterocycles. The fourth-order valence-electron chi connectivity index (χ4n) is 3.20. The molecule has 2 N–H and O–H groups in total. The lowest BCUT2D eigenvalue weighted by Gasteiger charge is -2.35. The minimum atomic E-state index is -0.525. The summed E-state index contributed by atoms with van der Waals surface area (Å²) in [6.07, 6.45) is 0. The number of hydrogen-bond acceptors (Lipinski definition) is 4. The van der Waals surface area contributed by atoms with Crippen molar-refractivity contribution in [2.75, 3.05) is 39.4 Å². The molecule has 0 radical (unpaired) electrons. The Kier molecular flexibility index (Phi) is 7.26. The molecule has 3 rings (SSSR count). The van der Waals surface area contributed by atoms with E-state index in [1.807, 2.05) is 0 Å².